The Kier molecular flexibility index (Phi) is 9.26. The monoisotopic (exact) mass is 702 g/mol. The third-order valence-corrected chi connectivity index (χ3v) is 9.98. The summed E-state index contributed by atoms with van der Waals surface area (Å²) in [5.41, 5.74) is 11.3. The van der Waals surface area contributed by atoms with Gasteiger partial charge in [0, 0.05) is 28.3 Å². The smallest absolute Gasteiger partial charge is 0.353 e. The number of nitrogen functional groups attached to an aromatic ring is 1. The molecule has 0 aliphatic carbocycles. The number of carbonyl (C=O) groups is 4. The van der Waals surface area contributed by atoms with Crippen LogP contribution in [0.3, 0.4) is 0 Å². The minimum atomic E-state index is -1.53. The Morgan fingerprint density at radius 1 is 1.17 bits per heavy atom. The number of β-lactam (4-membered cyclic amide) rings is 1. The number of thioether (sulfide) groups is 2. The van der Waals surface area contributed by atoms with Crippen molar-refractivity contribution in [2.24, 2.45) is 10.9 Å². The lowest BCUT2D eigenvalue weighted by Gasteiger charge is -2.50. The Morgan fingerprint density at radius 3 is 2.53 bits per heavy atom. The van der Waals surface area contributed by atoms with E-state index in [1.165, 1.54) is 47.3 Å². The van der Waals surface area contributed by atoms with Crippen molar-refractivity contribution in [1.29, 1.82) is 0 Å². The van der Waals surface area contributed by atoms with Crippen molar-refractivity contribution in [3.63, 3.8) is 0 Å². The number of rotatable bonds is 10. The minimum Gasteiger partial charge on any atom is -0.457 e. The van der Waals surface area contributed by atoms with E-state index in [9.17, 15) is 19.2 Å². The summed E-state index contributed by atoms with van der Waals surface area (Å²) in [6.45, 7) is 11.8. The highest BCUT2D eigenvalue weighted by molar-refractivity contribution is 8.01. The van der Waals surface area contributed by atoms with Gasteiger partial charge in [-0.25, -0.2) is 14.8 Å². The lowest BCUT2D eigenvalue weighted by molar-refractivity contribution is -0.179. The van der Waals surface area contributed by atoms with Gasteiger partial charge in [-0.15, -0.1) is 40.0 Å². The number of esters is 1. The summed E-state index contributed by atoms with van der Waals surface area (Å²) in [6, 6.07) is 1.00. The van der Waals surface area contributed by atoms with Crippen LogP contribution in [0.25, 0.3) is 5.78 Å². The van der Waals surface area contributed by atoms with Gasteiger partial charge in [0.1, 0.15) is 27.7 Å². The van der Waals surface area contributed by atoms with Crippen molar-refractivity contribution in [3.8, 4) is 0 Å². The summed E-state index contributed by atoms with van der Waals surface area (Å²) in [7, 11) is 0. The fourth-order valence-electron chi connectivity index (χ4n) is 4.46. The van der Waals surface area contributed by atoms with Crippen LogP contribution in [-0.4, -0.2) is 93.0 Å². The Balaban J connectivity index is 1.29. The van der Waals surface area contributed by atoms with Gasteiger partial charge in [-0.3, -0.25) is 19.3 Å². The number of anilines is 1. The highest BCUT2D eigenvalue weighted by atomic mass is 32.2. The van der Waals surface area contributed by atoms with Gasteiger partial charge in [-0.1, -0.05) is 5.16 Å². The second kappa shape index (κ2) is 12.8. The molecule has 0 radical (unpaired) electrons. The number of nitrogens with one attached hydrogen (secondary N) is 1. The van der Waals surface area contributed by atoms with E-state index in [1.807, 2.05) is 19.9 Å². The fourth-order valence-corrected chi connectivity index (χ4v) is 7.74. The Labute approximate surface area is 282 Å². The molecule has 0 aromatic carbocycles. The third kappa shape index (κ3) is 7.20. The number of allylic oxidation sites excluding steroid dienone is 1. The molecule has 250 valence electrons. The molecule has 47 heavy (non-hydrogen) atoms. The number of oxime groups is 1. The zero-order chi connectivity index (χ0) is 34.4. The van der Waals surface area contributed by atoms with Crippen LogP contribution in [0, 0.1) is 6.92 Å². The predicted octanol–water partition coefficient (Wildman–Crippen LogP) is 1.88. The molecule has 19 heteroatoms. The van der Waals surface area contributed by atoms with Crippen LogP contribution < -0.4 is 16.8 Å². The van der Waals surface area contributed by atoms with Gasteiger partial charge in [-0.2, -0.15) is 9.50 Å². The molecule has 0 spiro atoms. The maximum Gasteiger partial charge on any atom is 0.353 e. The van der Waals surface area contributed by atoms with E-state index < -0.39 is 35.0 Å². The van der Waals surface area contributed by atoms with Crippen molar-refractivity contribution in [2.75, 3.05) is 17.2 Å². The maximum absolute atomic E-state index is 13.5. The quantitative estimate of drug-likeness (QED) is 0.0687. The van der Waals surface area contributed by atoms with Crippen molar-refractivity contribution in [2.45, 2.75) is 76.1 Å². The summed E-state index contributed by atoms with van der Waals surface area (Å²) in [5, 5.41) is 13.0. The molecule has 2 aliphatic rings. The predicted molar refractivity (Wildman–Crippen MR) is 177 cm³/mol. The first-order chi connectivity index (χ1) is 21.9. The molecule has 3 amide bonds. The van der Waals surface area contributed by atoms with Gasteiger partial charge in [0.2, 0.25) is 11.4 Å². The molecular formula is C28H34N10O6S3. The number of hydrogen-bond acceptors (Lipinski definition) is 15. The molecule has 1 fully saturated rings. The molecule has 0 saturated carbocycles. The number of fused-ring (bicyclic) bond motifs is 2. The van der Waals surface area contributed by atoms with E-state index in [0.717, 1.165) is 22.6 Å². The lowest BCUT2D eigenvalue weighted by Crippen LogP contribution is -2.70. The molecular weight excluding hydrogens is 669 g/mol. The van der Waals surface area contributed by atoms with Crippen molar-refractivity contribution in [3.05, 3.63) is 39.9 Å². The number of aromatic nitrogens is 5. The standard InChI is InChI=1S/C28H34N10O6S3/c1-12-8-16(38-26(31-12)34-20(35-38)19(29)39)45-9-14-10-46-23-18(22(41)37(23)13(14)2)33-21(40)17(15-11-47-25(30)32-15)36-44-28(6,7)24(42)43-27(3,4)5/h8,11,18,23H,9-10H2,1-7H3,(H2,29,39)(H2,30,32)(H,33,40)/b36-17-/t18-,23-/m1/s1. The van der Waals surface area contributed by atoms with Crippen molar-refractivity contribution in [1.82, 2.24) is 34.8 Å². The first kappa shape index (κ1) is 34.1. The van der Waals surface area contributed by atoms with Gasteiger partial charge in [0.25, 0.3) is 23.5 Å². The topological polar surface area (TPSA) is 222 Å². The number of thiazole rings is 1. The number of primary amides is 1. The van der Waals surface area contributed by atoms with Crippen molar-refractivity contribution < 1.29 is 28.8 Å². The lowest BCUT2D eigenvalue weighted by atomic mass is 10.0. The maximum atomic E-state index is 13.5. The van der Waals surface area contributed by atoms with E-state index in [4.69, 9.17) is 21.0 Å². The second-order valence-electron chi connectivity index (χ2n) is 12.2. The number of amides is 3. The average Bonchev–Trinajstić information content (AvgIpc) is 3.60. The molecule has 5 rings (SSSR count). The molecule has 16 nitrogen and oxygen atoms in total. The number of hydrogen-bond donors (Lipinski definition) is 3. The molecule has 5 heterocycles. The van der Waals surface area contributed by atoms with Crippen LogP contribution in [0.5, 0.6) is 0 Å². The first-order valence-electron chi connectivity index (χ1n) is 14.3. The summed E-state index contributed by atoms with van der Waals surface area (Å²) in [6.07, 6.45) is 0. The third-order valence-electron chi connectivity index (χ3n) is 6.89. The van der Waals surface area contributed by atoms with Gasteiger partial charge >= 0.3 is 5.97 Å². The van der Waals surface area contributed by atoms with Crippen LogP contribution in [-0.2, 0) is 24.0 Å². The van der Waals surface area contributed by atoms with Crippen molar-refractivity contribution >= 4 is 75.2 Å². The normalized spacial score (nSPS) is 18.6. The van der Waals surface area contributed by atoms with Crippen LogP contribution in [0.1, 0.15) is 63.5 Å². The highest BCUT2D eigenvalue weighted by Gasteiger charge is 2.52. The number of nitrogens with two attached hydrogens (primary N) is 2. The number of ether oxygens (including phenoxy) is 1. The van der Waals surface area contributed by atoms with Crippen LogP contribution in [0.4, 0.5) is 5.13 Å². The largest absolute Gasteiger partial charge is 0.457 e. The number of nitrogens with zero attached hydrogens (tertiary/aromatic N) is 7. The molecule has 0 unspecified atom stereocenters. The van der Waals surface area contributed by atoms with Crippen LogP contribution in [0.2, 0.25) is 0 Å². The Morgan fingerprint density at radius 2 is 1.89 bits per heavy atom. The van der Waals surface area contributed by atoms with E-state index in [0.29, 0.717) is 22.2 Å². The fraction of sp³-hybridized carbons (Fsp3) is 0.464. The first-order valence-corrected chi connectivity index (χ1v) is 17.2. The van der Waals surface area contributed by atoms with Gasteiger partial charge in [-0.05, 0) is 60.1 Å². The molecule has 2 atom stereocenters. The molecule has 2 aliphatic heterocycles. The van der Waals surface area contributed by atoms with E-state index in [2.05, 4.69) is 30.5 Å². The molecule has 3 aromatic heterocycles. The summed E-state index contributed by atoms with van der Waals surface area (Å²) >= 11 is 4.08. The average molecular weight is 703 g/mol. The number of aryl methyl sites for hydroxylation is 1. The van der Waals surface area contributed by atoms with Gasteiger partial charge in [0.05, 0.1) is 0 Å². The van der Waals surface area contributed by atoms with E-state index >= 15 is 0 Å². The summed E-state index contributed by atoms with van der Waals surface area (Å²) in [5.74, 6) is -1.14. The second-order valence-corrected chi connectivity index (χ2v) is 15.2. The zero-order valence-corrected chi connectivity index (χ0v) is 29.1. The summed E-state index contributed by atoms with van der Waals surface area (Å²) in [4.78, 5) is 70.9. The Bertz CT molecular complexity index is 1840. The van der Waals surface area contributed by atoms with Gasteiger partial charge < -0.3 is 26.4 Å². The number of carbonyl (C=O) groups excluding carboxylic acids is 4. The zero-order valence-electron chi connectivity index (χ0n) is 26.7. The van der Waals surface area contributed by atoms with Gasteiger partial charge in [0.15, 0.2) is 10.8 Å². The highest BCUT2D eigenvalue weighted by Crippen LogP contribution is 2.41. The molecule has 3 aromatic rings. The van der Waals surface area contributed by atoms with E-state index in [-0.39, 0.29) is 39.4 Å². The summed E-state index contributed by atoms with van der Waals surface area (Å²) < 4.78 is 6.88. The van der Waals surface area contributed by atoms with Crippen LogP contribution in [0.15, 0.2) is 32.9 Å². The SMILES string of the molecule is CC1=C(CSc2cc(C)nc3nc(C(N)=O)nn23)CS[C@@H]2[C@H](NC(=O)/C(=N\OC(C)(C)C(=O)OC(C)(C)C)c3csc(N)n3)C(=O)N12. The Hall–Kier alpha value is -4.23. The van der Waals surface area contributed by atoms with Crippen LogP contribution >= 0.6 is 34.9 Å². The molecule has 0 bridgehead atoms. The molecule has 1 saturated heterocycles. The minimum absolute atomic E-state index is 0.125. The van der Waals surface area contributed by atoms with E-state index in [1.54, 1.807) is 25.7 Å². The molecule has 5 N–H and O–H groups in total.